The summed E-state index contributed by atoms with van der Waals surface area (Å²) in [5, 5.41) is 4.65. The molecule has 8 nitrogen and oxygen atoms in total. The molecule has 1 fully saturated rings. The van der Waals surface area contributed by atoms with Crippen LogP contribution in [0.2, 0.25) is 0 Å². The molecule has 27 heavy (non-hydrogen) atoms. The minimum Gasteiger partial charge on any atom is -0.337 e. The Labute approximate surface area is 158 Å². The fourth-order valence-corrected chi connectivity index (χ4v) is 5.40. The number of hydrogen-bond acceptors (Lipinski definition) is 5. The van der Waals surface area contributed by atoms with Crippen LogP contribution in [0.1, 0.15) is 55.2 Å². The van der Waals surface area contributed by atoms with Crippen molar-refractivity contribution in [1.82, 2.24) is 24.1 Å². The lowest BCUT2D eigenvalue weighted by atomic mass is 9.92. The first-order chi connectivity index (χ1) is 12.8. The Bertz CT molecular complexity index is 997. The molecule has 0 saturated heterocycles. The van der Waals surface area contributed by atoms with E-state index in [0.717, 1.165) is 43.4 Å². The highest BCUT2D eigenvalue weighted by Crippen LogP contribution is 2.28. The van der Waals surface area contributed by atoms with Gasteiger partial charge < -0.3 is 4.57 Å². The first-order valence-electron chi connectivity index (χ1n) is 9.47. The Morgan fingerprint density at radius 2 is 1.93 bits per heavy atom. The molecule has 1 saturated carbocycles. The molecule has 2 aliphatic rings. The van der Waals surface area contributed by atoms with Crippen LogP contribution in [0.15, 0.2) is 22.1 Å². The summed E-state index contributed by atoms with van der Waals surface area (Å²) in [5.74, 6) is 0.654. The third-order valence-corrected chi connectivity index (χ3v) is 7.10. The van der Waals surface area contributed by atoms with Gasteiger partial charge in [0, 0.05) is 25.4 Å². The van der Waals surface area contributed by atoms with Gasteiger partial charge in [-0.3, -0.25) is 4.79 Å². The lowest BCUT2D eigenvalue weighted by molar-refractivity contribution is 0.284. The van der Waals surface area contributed by atoms with Gasteiger partial charge in [-0.05, 0) is 57.4 Å². The molecule has 146 valence electrons. The van der Waals surface area contributed by atoms with Crippen molar-refractivity contribution in [2.75, 3.05) is 0 Å². The fourth-order valence-electron chi connectivity index (χ4n) is 4.05. The van der Waals surface area contributed by atoms with E-state index in [1.165, 1.54) is 6.20 Å². The summed E-state index contributed by atoms with van der Waals surface area (Å²) in [6, 6.07) is 1.63. The van der Waals surface area contributed by atoms with Gasteiger partial charge in [-0.2, -0.15) is 5.10 Å². The smallest absolute Gasteiger partial charge is 0.267 e. The van der Waals surface area contributed by atoms with E-state index in [-0.39, 0.29) is 22.7 Å². The second-order valence-corrected chi connectivity index (χ2v) is 9.28. The molecule has 0 spiro atoms. The zero-order chi connectivity index (χ0) is 19.2. The molecule has 2 aliphatic carbocycles. The van der Waals surface area contributed by atoms with Crippen molar-refractivity contribution in [1.29, 1.82) is 0 Å². The highest BCUT2D eigenvalue weighted by Gasteiger charge is 2.29. The van der Waals surface area contributed by atoms with Crippen molar-refractivity contribution < 1.29 is 8.42 Å². The van der Waals surface area contributed by atoms with Crippen molar-refractivity contribution in [3.05, 3.63) is 39.7 Å². The number of imidazole rings is 1. The number of aryl methyl sites for hydroxylation is 4. The zero-order valence-electron chi connectivity index (χ0n) is 15.7. The van der Waals surface area contributed by atoms with Crippen LogP contribution in [-0.2, 0) is 29.9 Å². The van der Waals surface area contributed by atoms with Gasteiger partial charge in [0.25, 0.3) is 15.6 Å². The van der Waals surface area contributed by atoms with Gasteiger partial charge in [-0.25, -0.2) is 22.8 Å². The maximum atomic E-state index is 12.5. The van der Waals surface area contributed by atoms with Crippen LogP contribution in [0.5, 0.6) is 0 Å². The van der Waals surface area contributed by atoms with Crippen LogP contribution in [0, 0.1) is 6.92 Å². The molecule has 4 rings (SSSR count). The SMILES string of the molecule is Cc1nc(S(=O)(=O)NC2CCC(n3nc4c(cc3=O)CCC4)CC2)cn1C. The molecule has 2 aromatic rings. The summed E-state index contributed by atoms with van der Waals surface area (Å²) in [4.78, 5) is 16.5. The number of nitrogens with zero attached hydrogens (tertiary/aromatic N) is 4. The molecule has 0 bridgehead atoms. The molecular formula is C18H25N5O3S. The van der Waals surface area contributed by atoms with Gasteiger partial charge in [0.05, 0.1) is 11.7 Å². The second kappa shape index (κ2) is 6.87. The number of aromatic nitrogens is 4. The van der Waals surface area contributed by atoms with Gasteiger partial charge in [-0.15, -0.1) is 0 Å². The Kier molecular flexibility index (Phi) is 4.67. The third-order valence-electron chi connectivity index (χ3n) is 5.71. The summed E-state index contributed by atoms with van der Waals surface area (Å²) in [6.45, 7) is 1.77. The summed E-state index contributed by atoms with van der Waals surface area (Å²) in [6.07, 6.45) is 7.31. The lowest BCUT2D eigenvalue weighted by Gasteiger charge is -2.29. The Balaban J connectivity index is 1.43. The lowest BCUT2D eigenvalue weighted by Crippen LogP contribution is -2.39. The quantitative estimate of drug-likeness (QED) is 0.845. The van der Waals surface area contributed by atoms with Crippen molar-refractivity contribution in [2.24, 2.45) is 7.05 Å². The molecule has 0 aromatic carbocycles. The fraction of sp³-hybridized carbons (Fsp3) is 0.611. The number of sulfonamides is 1. The minimum atomic E-state index is -3.63. The van der Waals surface area contributed by atoms with Gasteiger partial charge in [0.2, 0.25) is 0 Å². The van der Waals surface area contributed by atoms with E-state index in [1.54, 1.807) is 29.3 Å². The van der Waals surface area contributed by atoms with E-state index in [4.69, 9.17) is 0 Å². The third kappa shape index (κ3) is 3.58. The molecule has 1 N–H and O–H groups in total. The van der Waals surface area contributed by atoms with Crippen molar-refractivity contribution >= 4 is 10.0 Å². The second-order valence-electron chi connectivity index (χ2n) is 7.62. The van der Waals surface area contributed by atoms with Gasteiger partial charge in [-0.1, -0.05) is 0 Å². The van der Waals surface area contributed by atoms with Crippen LogP contribution in [0.3, 0.4) is 0 Å². The molecule has 0 unspecified atom stereocenters. The van der Waals surface area contributed by atoms with E-state index in [2.05, 4.69) is 14.8 Å². The van der Waals surface area contributed by atoms with Gasteiger partial charge >= 0.3 is 0 Å². The molecular weight excluding hydrogens is 366 g/mol. The van der Waals surface area contributed by atoms with Crippen molar-refractivity contribution in [2.45, 2.75) is 69.0 Å². The number of fused-ring (bicyclic) bond motifs is 1. The maximum absolute atomic E-state index is 12.5. The van der Waals surface area contributed by atoms with E-state index in [9.17, 15) is 13.2 Å². The molecule has 0 aliphatic heterocycles. The molecule has 0 atom stereocenters. The average molecular weight is 391 g/mol. The average Bonchev–Trinajstić information content (AvgIpc) is 3.21. The molecule has 2 heterocycles. The normalized spacial score (nSPS) is 22.7. The Morgan fingerprint density at radius 1 is 1.19 bits per heavy atom. The number of hydrogen-bond donors (Lipinski definition) is 1. The minimum absolute atomic E-state index is 0.0383. The van der Waals surface area contributed by atoms with Crippen LogP contribution in [-0.4, -0.2) is 33.8 Å². The van der Waals surface area contributed by atoms with Crippen LogP contribution in [0.25, 0.3) is 0 Å². The number of rotatable bonds is 4. The maximum Gasteiger partial charge on any atom is 0.267 e. The Hall–Kier alpha value is -2.00. The van der Waals surface area contributed by atoms with Crippen LogP contribution in [0.4, 0.5) is 0 Å². The summed E-state index contributed by atoms with van der Waals surface area (Å²) in [5.41, 5.74) is 2.09. The van der Waals surface area contributed by atoms with E-state index >= 15 is 0 Å². The summed E-state index contributed by atoms with van der Waals surface area (Å²) in [7, 11) is -1.85. The van der Waals surface area contributed by atoms with E-state index in [1.807, 2.05) is 0 Å². The number of nitrogens with one attached hydrogen (secondary N) is 1. The van der Waals surface area contributed by atoms with E-state index in [0.29, 0.717) is 18.7 Å². The standard InChI is InChI=1S/C18H25N5O3S/c1-12-19-17(11-22(12)2)27(25,26)21-14-6-8-15(9-7-14)23-18(24)10-13-4-3-5-16(13)20-23/h10-11,14-15,21H,3-9H2,1-2H3. The highest BCUT2D eigenvalue weighted by atomic mass is 32.2. The highest BCUT2D eigenvalue weighted by molar-refractivity contribution is 7.89. The van der Waals surface area contributed by atoms with Crippen LogP contribution < -0.4 is 10.3 Å². The van der Waals surface area contributed by atoms with Gasteiger partial charge in [0.1, 0.15) is 5.82 Å². The topological polar surface area (TPSA) is 98.9 Å². The molecule has 0 amide bonds. The van der Waals surface area contributed by atoms with Crippen molar-refractivity contribution in [3.8, 4) is 0 Å². The predicted molar refractivity (Wildman–Crippen MR) is 100 cm³/mol. The zero-order valence-corrected chi connectivity index (χ0v) is 16.5. The molecule has 2 aromatic heterocycles. The van der Waals surface area contributed by atoms with Crippen LogP contribution >= 0.6 is 0 Å². The molecule has 0 radical (unpaired) electrons. The first-order valence-corrected chi connectivity index (χ1v) is 11.0. The largest absolute Gasteiger partial charge is 0.337 e. The Morgan fingerprint density at radius 3 is 2.59 bits per heavy atom. The van der Waals surface area contributed by atoms with Gasteiger partial charge in [0.15, 0.2) is 5.03 Å². The first kappa shape index (κ1) is 18.4. The van der Waals surface area contributed by atoms with E-state index < -0.39 is 10.0 Å². The predicted octanol–water partition coefficient (Wildman–Crippen LogP) is 1.24. The summed E-state index contributed by atoms with van der Waals surface area (Å²) < 4.78 is 31.2. The molecule has 9 heteroatoms. The monoisotopic (exact) mass is 391 g/mol. The summed E-state index contributed by atoms with van der Waals surface area (Å²) >= 11 is 0. The van der Waals surface area contributed by atoms with Crippen molar-refractivity contribution in [3.63, 3.8) is 0 Å².